The number of aliphatic hydroxyl groups is 1. The molecule has 26 heavy (non-hydrogen) atoms. The van der Waals surface area contributed by atoms with Crippen LogP contribution in [-0.2, 0) is 0 Å². The zero-order chi connectivity index (χ0) is 18.3. The maximum Gasteiger partial charge on any atom is 0.225 e. The van der Waals surface area contributed by atoms with E-state index < -0.39 is 0 Å². The summed E-state index contributed by atoms with van der Waals surface area (Å²) >= 11 is 5.97. The van der Waals surface area contributed by atoms with Gasteiger partial charge in [-0.25, -0.2) is 9.67 Å². The van der Waals surface area contributed by atoms with Crippen molar-refractivity contribution >= 4 is 28.6 Å². The van der Waals surface area contributed by atoms with Gasteiger partial charge in [-0.05, 0) is 31.4 Å². The Bertz CT molecular complexity index is 935. The fourth-order valence-electron chi connectivity index (χ4n) is 3.46. The van der Waals surface area contributed by atoms with Gasteiger partial charge in [-0.2, -0.15) is 4.98 Å². The molecule has 1 aliphatic carbocycles. The smallest absolute Gasteiger partial charge is 0.225 e. The Morgan fingerprint density at radius 3 is 2.85 bits per heavy atom. The monoisotopic (exact) mass is 373 g/mol. The Morgan fingerprint density at radius 1 is 1.27 bits per heavy atom. The predicted molar refractivity (Wildman–Crippen MR) is 100.0 cm³/mol. The third-order valence-corrected chi connectivity index (χ3v) is 5.00. The van der Waals surface area contributed by atoms with Gasteiger partial charge in [0.2, 0.25) is 5.95 Å². The van der Waals surface area contributed by atoms with Gasteiger partial charge in [0.1, 0.15) is 11.4 Å². The molecule has 0 aliphatic heterocycles. The summed E-state index contributed by atoms with van der Waals surface area (Å²) in [5, 5.41) is 29.2. The third-order valence-electron chi connectivity index (χ3n) is 4.78. The lowest BCUT2D eigenvalue weighted by atomic mass is 9.93. The van der Waals surface area contributed by atoms with Crippen LogP contribution in [0.3, 0.4) is 0 Å². The number of phenolic OH excluding ortho intramolecular Hbond substituents is 1. The summed E-state index contributed by atoms with van der Waals surface area (Å²) in [4.78, 5) is 8.78. The van der Waals surface area contributed by atoms with Crippen LogP contribution >= 0.6 is 11.6 Å². The Morgan fingerprint density at radius 2 is 2.08 bits per heavy atom. The first-order chi connectivity index (χ1) is 12.5. The van der Waals surface area contributed by atoms with E-state index in [2.05, 4.69) is 20.4 Å². The molecule has 0 bridgehead atoms. The van der Waals surface area contributed by atoms with Gasteiger partial charge in [-0.15, -0.1) is 5.10 Å². The highest BCUT2D eigenvalue weighted by molar-refractivity contribution is 6.30. The molecular formula is C18H20ClN5O2. The lowest BCUT2D eigenvalue weighted by molar-refractivity contribution is 0.116. The van der Waals surface area contributed by atoms with Crippen molar-refractivity contribution in [2.24, 2.45) is 0 Å². The van der Waals surface area contributed by atoms with Gasteiger partial charge in [0.05, 0.1) is 17.5 Å². The van der Waals surface area contributed by atoms with Crippen LogP contribution in [0.2, 0.25) is 5.02 Å². The standard InChI is InChI=1S/C18H20ClN5O2/c1-10-6-12(19)7-15(26)16(10)24-9-11-8-20-18(22-17(11)23-24)21-13-4-2-3-5-14(13)25/h6-9,13-14,25-26H,2-5H2,1H3,(H,21,22,23)/t13-,14-/m1/s1. The highest BCUT2D eigenvalue weighted by Crippen LogP contribution is 2.30. The SMILES string of the molecule is Cc1cc(Cl)cc(O)c1-n1cc2cnc(N[C@@H]3CCCC[C@H]3O)nc2n1. The number of halogens is 1. The zero-order valence-electron chi connectivity index (χ0n) is 14.4. The number of aliphatic hydroxyl groups excluding tert-OH is 1. The number of hydrogen-bond acceptors (Lipinski definition) is 6. The van der Waals surface area contributed by atoms with E-state index in [1.165, 1.54) is 6.07 Å². The van der Waals surface area contributed by atoms with Gasteiger partial charge < -0.3 is 15.5 Å². The second-order valence-electron chi connectivity index (χ2n) is 6.74. The minimum Gasteiger partial charge on any atom is -0.506 e. The van der Waals surface area contributed by atoms with Gasteiger partial charge in [0.15, 0.2) is 5.65 Å². The minimum absolute atomic E-state index is 0.0363. The number of aromatic nitrogens is 4. The summed E-state index contributed by atoms with van der Waals surface area (Å²) in [5.41, 5.74) is 1.88. The minimum atomic E-state index is -0.380. The number of nitrogens with one attached hydrogen (secondary N) is 1. The van der Waals surface area contributed by atoms with Crippen molar-refractivity contribution in [1.82, 2.24) is 19.7 Å². The van der Waals surface area contributed by atoms with Crippen LogP contribution in [-0.4, -0.2) is 42.1 Å². The fraction of sp³-hybridized carbons (Fsp3) is 0.389. The Kier molecular flexibility index (Phi) is 4.42. The molecule has 2 heterocycles. The zero-order valence-corrected chi connectivity index (χ0v) is 15.1. The van der Waals surface area contributed by atoms with Crippen LogP contribution in [0.25, 0.3) is 16.7 Å². The van der Waals surface area contributed by atoms with E-state index in [4.69, 9.17) is 11.6 Å². The predicted octanol–water partition coefficient (Wildman–Crippen LogP) is 3.20. The van der Waals surface area contributed by atoms with E-state index in [9.17, 15) is 10.2 Å². The molecule has 136 valence electrons. The average molecular weight is 374 g/mol. The number of nitrogens with zero attached hydrogens (tertiary/aromatic N) is 4. The molecule has 3 N–H and O–H groups in total. The number of fused-ring (bicyclic) bond motifs is 1. The Hall–Kier alpha value is -2.38. The van der Waals surface area contributed by atoms with Gasteiger partial charge in [-0.3, -0.25) is 0 Å². The van der Waals surface area contributed by atoms with Crippen molar-refractivity contribution in [2.75, 3.05) is 5.32 Å². The molecule has 3 aromatic rings. The molecule has 0 amide bonds. The summed E-state index contributed by atoms with van der Waals surface area (Å²) < 4.78 is 1.58. The van der Waals surface area contributed by atoms with E-state index >= 15 is 0 Å². The van der Waals surface area contributed by atoms with Gasteiger partial charge in [0, 0.05) is 23.5 Å². The molecule has 4 rings (SSSR count). The van der Waals surface area contributed by atoms with Crippen molar-refractivity contribution in [3.8, 4) is 11.4 Å². The summed E-state index contributed by atoms with van der Waals surface area (Å²) in [6.45, 7) is 1.86. The van der Waals surface area contributed by atoms with Crippen molar-refractivity contribution in [3.63, 3.8) is 0 Å². The second kappa shape index (κ2) is 6.74. The molecule has 1 saturated carbocycles. The molecule has 0 spiro atoms. The number of anilines is 1. The van der Waals surface area contributed by atoms with Gasteiger partial charge in [-0.1, -0.05) is 24.4 Å². The molecule has 7 nitrogen and oxygen atoms in total. The van der Waals surface area contributed by atoms with Crippen LogP contribution in [0.15, 0.2) is 24.5 Å². The molecule has 2 aromatic heterocycles. The molecular weight excluding hydrogens is 354 g/mol. The number of hydrogen-bond donors (Lipinski definition) is 3. The van der Waals surface area contributed by atoms with Crippen molar-refractivity contribution in [3.05, 3.63) is 35.1 Å². The van der Waals surface area contributed by atoms with Crippen LogP contribution in [0.5, 0.6) is 5.75 Å². The van der Waals surface area contributed by atoms with E-state index in [-0.39, 0.29) is 17.9 Å². The number of phenols is 1. The van der Waals surface area contributed by atoms with Crippen molar-refractivity contribution in [1.29, 1.82) is 0 Å². The first kappa shape index (κ1) is 17.1. The lowest BCUT2D eigenvalue weighted by Gasteiger charge is -2.28. The summed E-state index contributed by atoms with van der Waals surface area (Å²) in [7, 11) is 0. The summed E-state index contributed by atoms with van der Waals surface area (Å²) in [6, 6.07) is 3.22. The molecule has 2 atom stereocenters. The van der Waals surface area contributed by atoms with E-state index in [0.717, 1.165) is 36.6 Å². The fourth-order valence-corrected chi connectivity index (χ4v) is 3.73. The summed E-state index contributed by atoms with van der Waals surface area (Å²) in [6.07, 6.45) is 6.90. The second-order valence-corrected chi connectivity index (χ2v) is 7.18. The molecule has 0 saturated heterocycles. The molecule has 8 heteroatoms. The quantitative estimate of drug-likeness (QED) is 0.652. The van der Waals surface area contributed by atoms with Crippen LogP contribution in [0, 0.1) is 6.92 Å². The van der Waals surface area contributed by atoms with Crippen molar-refractivity contribution in [2.45, 2.75) is 44.8 Å². The van der Waals surface area contributed by atoms with Crippen LogP contribution in [0.4, 0.5) is 5.95 Å². The van der Waals surface area contributed by atoms with Crippen LogP contribution in [0.1, 0.15) is 31.2 Å². The molecule has 1 fully saturated rings. The molecule has 0 radical (unpaired) electrons. The topological polar surface area (TPSA) is 96.1 Å². The van der Waals surface area contributed by atoms with E-state index in [1.807, 2.05) is 6.92 Å². The average Bonchev–Trinajstić information content (AvgIpc) is 2.98. The number of aromatic hydroxyl groups is 1. The molecule has 1 aliphatic rings. The molecule has 0 unspecified atom stereocenters. The number of benzene rings is 1. The van der Waals surface area contributed by atoms with E-state index in [0.29, 0.717) is 22.3 Å². The largest absolute Gasteiger partial charge is 0.506 e. The van der Waals surface area contributed by atoms with Crippen molar-refractivity contribution < 1.29 is 10.2 Å². The van der Waals surface area contributed by atoms with Crippen LogP contribution < -0.4 is 5.32 Å². The Labute approximate surface area is 155 Å². The Balaban J connectivity index is 1.66. The summed E-state index contributed by atoms with van der Waals surface area (Å²) in [5.74, 6) is 0.505. The first-order valence-electron chi connectivity index (χ1n) is 8.68. The highest BCUT2D eigenvalue weighted by atomic mass is 35.5. The number of rotatable bonds is 3. The van der Waals surface area contributed by atoms with Gasteiger partial charge in [0.25, 0.3) is 0 Å². The van der Waals surface area contributed by atoms with E-state index in [1.54, 1.807) is 23.1 Å². The lowest BCUT2D eigenvalue weighted by Crippen LogP contribution is -2.36. The normalized spacial score (nSPS) is 20.4. The first-order valence-corrected chi connectivity index (χ1v) is 9.05. The maximum absolute atomic E-state index is 10.2. The molecule has 1 aromatic carbocycles. The van der Waals surface area contributed by atoms with Gasteiger partial charge >= 0.3 is 0 Å². The number of aryl methyl sites for hydroxylation is 1. The highest BCUT2D eigenvalue weighted by Gasteiger charge is 2.23. The maximum atomic E-state index is 10.2. The third kappa shape index (κ3) is 3.20.